The van der Waals surface area contributed by atoms with Gasteiger partial charge in [0.15, 0.2) is 0 Å². The molecule has 0 N–H and O–H groups in total. The highest BCUT2D eigenvalue weighted by Crippen LogP contribution is 2.21. The number of hydrogen-bond acceptors (Lipinski definition) is 0. The van der Waals surface area contributed by atoms with E-state index in [-0.39, 0.29) is 0 Å². The molecule has 0 saturated heterocycles. The molecule has 0 fully saturated rings. The molecular weight excluding hydrogens is 132 g/mol. The van der Waals surface area contributed by atoms with Crippen LogP contribution in [0.4, 0.5) is 0 Å². The molecule has 0 aromatic carbocycles. The Morgan fingerprint density at radius 3 is 1.18 bits per heavy atom. The van der Waals surface area contributed by atoms with Crippen molar-refractivity contribution in [2.75, 3.05) is 0 Å². The van der Waals surface area contributed by atoms with Gasteiger partial charge in [-0.15, -0.1) is 0 Å². The fourth-order valence-corrected chi connectivity index (χ4v) is 1.51. The normalized spacial score (nSPS) is 11.5. The molecule has 0 aromatic rings. The van der Waals surface area contributed by atoms with Crippen molar-refractivity contribution in [1.82, 2.24) is 0 Å². The van der Waals surface area contributed by atoms with E-state index in [1.54, 1.807) is 0 Å². The highest BCUT2D eigenvalue weighted by molar-refractivity contribution is 4.80. The highest BCUT2D eigenvalue weighted by atomic mass is 14.2. The Morgan fingerprint density at radius 2 is 1.00 bits per heavy atom. The van der Waals surface area contributed by atoms with Gasteiger partial charge in [0.1, 0.15) is 0 Å². The van der Waals surface area contributed by atoms with Crippen molar-refractivity contribution in [2.45, 2.75) is 53.4 Å². The van der Waals surface area contributed by atoms with Crippen LogP contribution in [0, 0.1) is 18.3 Å². The van der Waals surface area contributed by atoms with E-state index in [1.807, 2.05) is 0 Å². The predicted octanol–water partition coefficient (Wildman–Crippen LogP) is 4.06. The van der Waals surface area contributed by atoms with Crippen LogP contribution in [0.15, 0.2) is 0 Å². The van der Waals surface area contributed by atoms with Crippen molar-refractivity contribution >= 4 is 0 Å². The van der Waals surface area contributed by atoms with Crippen molar-refractivity contribution in [3.05, 3.63) is 6.42 Å². The zero-order chi connectivity index (χ0) is 8.69. The zero-order valence-electron chi connectivity index (χ0n) is 8.56. The van der Waals surface area contributed by atoms with Gasteiger partial charge in [-0.3, -0.25) is 0 Å². The molecule has 0 heterocycles. The Labute approximate surface area is 72.4 Å². The van der Waals surface area contributed by atoms with Crippen LogP contribution in [0.5, 0.6) is 0 Å². The summed E-state index contributed by atoms with van der Waals surface area (Å²) in [4.78, 5) is 0. The van der Waals surface area contributed by atoms with Crippen molar-refractivity contribution in [3.63, 3.8) is 0 Å². The first kappa shape index (κ1) is 11.0. The summed E-state index contributed by atoms with van der Waals surface area (Å²) in [6.07, 6.45) is 7.81. The van der Waals surface area contributed by atoms with Gasteiger partial charge in [0.2, 0.25) is 0 Å². The van der Waals surface area contributed by atoms with Crippen LogP contribution in [0.25, 0.3) is 0 Å². The Balaban J connectivity index is 3.58. The molecule has 0 amide bonds. The summed E-state index contributed by atoms with van der Waals surface area (Å²) in [5.41, 5.74) is 0. The first-order valence-electron chi connectivity index (χ1n) is 5.13. The van der Waals surface area contributed by atoms with Gasteiger partial charge in [-0.25, -0.2) is 0 Å². The summed E-state index contributed by atoms with van der Waals surface area (Å²) < 4.78 is 0. The maximum Gasteiger partial charge on any atom is -0.0324 e. The van der Waals surface area contributed by atoms with Gasteiger partial charge in [0.05, 0.1) is 0 Å². The van der Waals surface area contributed by atoms with Crippen LogP contribution in [0.2, 0.25) is 0 Å². The molecule has 0 saturated carbocycles. The smallest absolute Gasteiger partial charge is 0.0324 e. The van der Waals surface area contributed by atoms with Gasteiger partial charge >= 0.3 is 0 Å². The van der Waals surface area contributed by atoms with E-state index in [4.69, 9.17) is 0 Å². The molecule has 0 rings (SSSR count). The van der Waals surface area contributed by atoms with E-state index in [2.05, 4.69) is 34.1 Å². The van der Waals surface area contributed by atoms with Crippen molar-refractivity contribution < 1.29 is 0 Å². The lowest BCUT2D eigenvalue weighted by Crippen LogP contribution is -2.07. The molecule has 0 unspecified atom stereocenters. The zero-order valence-corrected chi connectivity index (χ0v) is 8.56. The van der Waals surface area contributed by atoms with Gasteiger partial charge < -0.3 is 0 Å². The standard InChI is InChI=1S/C11H23/c1-5-10(6-2)9-11(7-3)8-4/h9-11H,5-8H2,1-4H3. The van der Waals surface area contributed by atoms with Crippen molar-refractivity contribution in [3.8, 4) is 0 Å². The van der Waals surface area contributed by atoms with Gasteiger partial charge in [0.25, 0.3) is 0 Å². The molecule has 0 spiro atoms. The minimum Gasteiger partial charge on any atom is -0.0651 e. The molecule has 1 radical (unpaired) electrons. The van der Waals surface area contributed by atoms with Crippen LogP contribution < -0.4 is 0 Å². The second-order valence-electron chi connectivity index (χ2n) is 3.35. The van der Waals surface area contributed by atoms with Crippen molar-refractivity contribution in [1.29, 1.82) is 0 Å². The van der Waals surface area contributed by atoms with Gasteiger partial charge in [-0.2, -0.15) is 0 Å². The molecule has 0 nitrogen and oxygen atoms in total. The Bertz CT molecular complexity index is 58.1. The van der Waals surface area contributed by atoms with Crippen LogP contribution in [-0.2, 0) is 0 Å². The second kappa shape index (κ2) is 6.69. The van der Waals surface area contributed by atoms with Gasteiger partial charge in [0, 0.05) is 0 Å². The first-order chi connectivity index (χ1) is 5.28. The van der Waals surface area contributed by atoms with Crippen molar-refractivity contribution in [2.24, 2.45) is 11.8 Å². The van der Waals surface area contributed by atoms with E-state index < -0.39 is 0 Å². The third-order valence-electron chi connectivity index (χ3n) is 2.64. The lowest BCUT2D eigenvalue weighted by atomic mass is 9.88. The average Bonchev–Trinajstić information content (AvgIpc) is 2.07. The minimum absolute atomic E-state index is 0.861. The van der Waals surface area contributed by atoms with E-state index in [0.717, 1.165) is 11.8 Å². The highest BCUT2D eigenvalue weighted by Gasteiger charge is 2.10. The molecular formula is C11H23. The summed E-state index contributed by atoms with van der Waals surface area (Å²) >= 11 is 0. The molecule has 0 aliphatic carbocycles. The maximum atomic E-state index is 2.56. The molecule has 0 atom stereocenters. The number of hydrogen-bond donors (Lipinski definition) is 0. The first-order valence-corrected chi connectivity index (χ1v) is 5.13. The molecule has 0 bridgehead atoms. The summed E-state index contributed by atoms with van der Waals surface area (Å²) in [7, 11) is 0. The molecule has 0 heteroatoms. The van der Waals surface area contributed by atoms with Gasteiger partial charge in [-0.1, -0.05) is 53.4 Å². The lowest BCUT2D eigenvalue weighted by Gasteiger charge is -2.18. The van der Waals surface area contributed by atoms with Crippen LogP contribution >= 0.6 is 0 Å². The molecule has 11 heavy (non-hydrogen) atoms. The maximum absolute atomic E-state index is 2.56. The van der Waals surface area contributed by atoms with E-state index >= 15 is 0 Å². The second-order valence-corrected chi connectivity index (χ2v) is 3.35. The topological polar surface area (TPSA) is 0 Å². The minimum atomic E-state index is 0.861. The average molecular weight is 155 g/mol. The Hall–Kier alpha value is 0. The fraction of sp³-hybridized carbons (Fsp3) is 0.909. The Morgan fingerprint density at radius 1 is 0.727 bits per heavy atom. The molecule has 0 aliphatic heterocycles. The monoisotopic (exact) mass is 155 g/mol. The third kappa shape index (κ3) is 4.44. The molecule has 0 aliphatic rings. The predicted molar refractivity (Wildman–Crippen MR) is 52.4 cm³/mol. The summed E-state index contributed by atoms with van der Waals surface area (Å²) in [6, 6.07) is 0. The largest absolute Gasteiger partial charge is 0.0651 e. The summed E-state index contributed by atoms with van der Waals surface area (Å²) in [5.74, 6) is 1.72. The molecule has 0 aromatic heterocycles. The summed E-state index contributed by atoms with van der Waals surface area (Å²) in [5, 5.41) is 0. The quantitative estimate of drug-likeness (QED) is 0.542. The van der Waals surface area contributed by atoms with Gasteiger partial charge in [-0.05, 0) is 18.3 Å². The lowest BCUT2D eigenvalue weighted by molar-refractivity contribution is 0.447. The van der Waals surface area contributed by atoms with E-state index in [1.165, 1.54) is 25.7 Å². The Kier molecular flexibility index (Phi) is 6.69. The van der Waals surface area contributed by atoms with E-state index in [0.29, 0.717) is 0 Å². The van der Waals surface area contributed by atoms with Crippen LogP contribution in [-0.4, -0.2) is 0 Å². The van der Waals surface area contributed by atoms with E-state index in [9.17, 15) is 0 Å². The molecule has 67 valence electrons. The van der Waals surface area contributed by atoms with Crippen LogP contribution in [0.3, 0.4) is 0 Å². The SMILES string of the molecule is CCC([CH]C(CC)CC)CC. The van der Waals surface area contributed by atoms with Crippen LogP contribution in [0.1, 0.15) is 53.4 Å². The fourth-order valence-electron chi connectivity index (χ4n) is 1.51. The summed E-state index contributed by atoms with van der Waals surface area (Å²) in [6.45, 7) is 9.14. The number of rotatable bonds is 6. The third-order valence-corrected chi connectivity index (χ3v) is 2.64.